The summed E-state index contributed by atoms with van der Waals surface area (Å²) in [6.07, 6.45) is 2.44. The third-order valence-electron chi connectivity index (χ3n) is 2.49. The van der Waals surface area contributed by atoms with Crippen LogP contribution in [-0.4, -0.2) is 42.6 Å². The van der Waals surface area contributed by atoms with E-state index in [0.29, 0.717) is 19.2 Å². The van der Waals surface area contributed by atoms with Crippen molar-refractivity contribution in [3.8, 4) is 0 Å². The Labute approximate surface area is 85.4 Å². The van der Waals surface area contributed by atoms with E-state index in [-0.39, 0.29) is 5.97 Å². The fraction of sp³-hybridized carbons (Fsp3) is 0.900. The molecule has 0 radical (unpaired) electrons. The Bertz CT molecular complexity index is 212. The molecule has 0 aromatic rings. The summed E-state index contributed by atoms with van der Waals surface area (Å²) >= 11 is 0. The number of esters is 1. The first kappa shape index (κ1) is 11.5. The zero-order valence-corrected chi connectivity index (χ0v) is 9.25. The van der Waals surface area contributed by atoms with Gasteiger partial charge in [-0.2, -0.15) is 0 Å². The number of nitrogens with two attached hydrogens (primary N) is 1. The Morgan fingerprint density at radius 1 is 1.64 bits per heavy atom. The van der Waals surface area contributed by atoms with E-state index >= 15 is 0 Å². The summed E-state index contributed by atoms with van der Waals surface area (Å²) in [6, 6.07) is 0.618. The van der Waals surface area contributed by atoms with Crippen molar-refractivity contribution < 1.29 is 9.53 Å². The zero-order valence-electron chi connectivity index (χ0n) is 9.25. The van der Waals surface area contributed by atoms with Crippen LogP contribution in [-0.2, 0) is 9.53 Å². The first-order chi connectivity index (χ1) is 6.47. The largest absolute Gasteiger partial charge is 0.465 e. The van der Waals surface area contributed by atoms with Crippen molar-refractivity contribution in [2.45, 2.75) is 38.3 Å². The van der Waals surface area contributed by atoms with Crippen molar-refractivity contribution in [1.82, 2.24) is 4.90 Å². The van der Waals surface area contributed by atoms with Gasteiger partial charge in [0, 0.05) is 12.6 Å². The van der Waals surface area contributed by atoms with Crippen LogP contribution in [0.5, 0.6) is 0 Å². The van der Waals surface area contributed by atoms with Gasteiger partial charge < -0.3 is 15.4 Å². The predicted octanol–water partition coefficient (Wildman–Crippen LogP) is 0.361. The Morgan fingerprint density at radius 2 is 2.21 bits per heavy atom. The predicted molar refractivity (Wildman–Crippen MR) is 54.9 cm³/mol. The number of likely N-dealkylation sites (N-methyl/N-ethyl adjacent to an activating group) is 1. The van der Waals surface area contributed by atoms with E-state index in [0.717, 1.165) is 0 Å². The van der Waals surface area contributed by atoms with Crippen LogP contribution in [0.25, 0.3) is 0 Å². The molecule has 0 heterocycles. The molecule has 1 aliphatic carbocycles. The van der Waals surface area contributed by atoms with Gasteiger partial charge in [-0.05, 0) is 33.7 Å². The summed E-state index contributed by atoms with van der Waals surface area (Å²) in [4.78, 5) is 13.6. The molecule has 1 saturated carbocycles. The van der Waals surface area contributed by atoms with Crippen molar-refractivity contribution in [3.63, 3.8) is 0 Å². The maximum atomic E-state index is 11.5. The maximum Gasteiger partial charge on any atom is 0.327 e. The van der Waals surface area contributed by atoms with E-state index in [9.17, 15) is 4.79 Å². The van der Waals surface area contributed by atoms with Crippen LogP contribution in [0.4, 0.5) is 0 Å². The van der Waals surface area contributed by atoms with Crippen molar-refractivity contribution in [3.05, 3.63) is 0 Å². The number of carbonyl (C=O) groups excluding carboxylic acids is 1. The van der Waals surface area contributed by atoms with Gasteiger partial charge in [0.2, 0.25) is 0 Å². The summed E-state index contributed by atoms with van der Waals surface area (Å²) in [7, 11) is 2.00. The lowest BCUT2D eigenvalue weighted by atomic mass is 10.0. The van der Waals surface area contributed by atoms with E-state index in [4.69, 9.17) is 10.5 Å². The van der Waals surface area contributed by atoms with Crippen LogP contribution in [0.3, 0.4) is 0 Å². The lowest BCUT2D eigenvalue weighted by molar-refractivity contribution is -0.149. The van der Waals surface area contributed by atoms with E-state index in [2.05, 4.69) is 4.90 Å². The van der Waals surface area contributed by atoms with E-state index in [1.807, 2.05) is 7.05 Å². The highest BCUT2D eigenvalue weighted by Crippen LogP contribution is 2.26. The Kier molecular flexibility index (Phi) is 3.50. The molecule has 1 fully saturated rings. The molecule has 1 aliphatic rings. The fourth-order valence-electron chi connectivity index (χ4n) is 1.52. The number of hydrogen-bond donors (Lipinski definition) is 1. The van der Waals surface area contributed by atoms with E-state index in [1.54, 1.807) is 13.8 Å². The SMILES string of the molecule is CCOC(=O)C(C)(N)CN(C)C1CC1. The molecule has 2 N–H and O–H groups in total. The molecule has 1 rings (SSSR count). The highest BCUT2D eigenvalue weighted by Gasteiger charge is 2.35. The van der Waals surface area contributed by atoms with Gasteiger partial charge in [0.25, 0.3) is 0 Å². The summed E-state index contributed by atoms with van der Waals surface area (Å²) < 4.78 is 4.92. The minimum absolute atomic E-state index is 0.312. The molecule has 14 heavy (non-hydrogen) atoms. The summed E-state index contributed by atoms with van der Waals surface area (Å²) in [5, 5.41) is 0. The van der Waals surface area contributed by atoms with E-state index < -0.39 is 5.54 Å². The fourth-order valence-corrected chi connectivity index (χ4v) is 1.52. The summed E-state index contributed by atoms with van der Waals surface area (Å²) in [6.45, 7) is 4.47. The minimum atomic E-state index is -0.882. The van der Waals surface area contributed by atoms with Gasteiger partial charge in [-0.1, -0.05) is 0 Å². The molecular weight excluding hydrogens is 180 g/mol. The normalized spacial score (nSPS) is 20.6. The maximum absolute atomic E-state index is 11.5. The third kappa shape index (κ3) is 2.96. The zero-order chi connectivity index (χ0) is 10.8. The second-order valence-corrected chi connectivity index (χ2v) is 4.28. The van der Waals surface area contributed by atoms with Crippen LogP contribution < -0.4 is 5.73 Å². The number of nitrogens with zero attached hydrogens (tertiary/aromatic N) is 1. The first-order valence-electron chi connectivity index (χ1n) is 5.13. The lowest BCUT2D eigenvalue weighted by Gasteiger charge is -2.27. The molecule has 0 bridgehead atoms. The number of hydrogen-bond acceptors (Lipinski definition) is 4. The molecule has 82 valence electrons. The molecular formula is C10H20N2O2. The van der Waals surface area contributed by atoms with Crippen LogP contribution in [0.15, 0.2) is 0 Å². The van der Waals surface area contributed by atoms with Crippen molar-refractivity contribution in [1.29, 1.82) is 0 Å². The van der Waals surface area contributed by atoms with Crippen LogP contribution in [0, 0.1) is 0 Å². The third-order valence-corrected chi connectivity index (χ3v) is 2.49. The Morgan fingerprint density at radius 3 is 2.64 bits per heavy atom. The van der Waals surface area contributed by atoms with Crippen molar-refractivity contribution >= 4 is 5.97 Å². The molecule has 1 unspecified atom stereocenters. The van der Waals surface area contributed by atoms with Gasteiger partial charge in [0.1, 0.15) is 5.54 Å². The highest BCUT2D eigenvalue weighted by molar-refractivity contribution is 5.80. The molecule has 0 saturated heterocycles. The monoisotopic (exact) mass is 200 g/mol. The van der Waals surface area contributed by atoms with Gasteiger partial charge in [-0.3, -0.25) is 4.79 Å². The molecule has 4 nitrogen and oxygen atoms in total. The van der Waals surface area contributed by atoms with Gasteiger partial charge in [-0.15, -0.1) is 0 Å². The molecule has 0 aromatic heterocycles. The van der Waals surface area contributed by atoms with E-state index in [1.165, 1.54) is 12.8 Å². The lowest BCUT2D eigenvalue weighted by Crippen LogP contribution is -2.54. The van der Waals surface area contributed by atoms with Crippen molar-refractivity contribution in [2.24, 2.45) is 5.73 Å². The molecule has 0 aliphatic heterocycles. The van der Waals surface area contributed by atoms with Gasteiger partial charge in [0.05, 0.1) is 6.61 Å². The highest BCUT2D eigenvalue weighted by atomic mass is 16.5. The second kappa shape index (κ2) is 4.28. The van der Waals surface area contributed by atoms with Gasteiger partial charge in [0.15, 0.2) is 0 Å². The minimum Gasteiger partial charge on any atom is -0.465 e. The number of carbonyl (C=O) groups is 1. The average molecular weight is 200 g/mol. The van der Waals surface area contributed by atoms with Crippen LogP contribution in [0.1, 0.15) is 26.7 Å². The van der Waals surface area contributed by atoms with Gasteiger partial charge >= 0.3 is 5.97 Å². The first-order valence-corrected chi connectivity index (χ1v) is 5.13. The quantitative estimate of drug-likeness (QED) is 0.651. The molecule has 0 amide bonds. The van der Waals surface area contributed by atoms with Crippen molar-refractivity contribution in [2.75, 3.05) is 20.2 Å². The molecule has 4 heteroatoms. The van der Waals surface area contributed by atoms with Gasteiger partial charge in [-0.25, -0.2) is 0 Å². The average Bonchev–Trinajstić information content (AvgIpc) is 2.85. The van der Waals surface area contributed by atoms with Crippen LogP contribution in [0.2, 0.25) is 0 Å². The smallest absolute Gasteiger partial charge is 0.327 e. The number of rotatable bonds is 5. The summed E-state index contributed by atoms with van der Waals surface area (Å²) in [5.74, 6) is -0.312. The Hall–Kier alpha value is -0.610. The Balaban J connectivity index is 2.42. The molecule has 0 spiro atoms. The topological polar surface area (TPSA) is 55.6 Å². The standard InChI is InChI=1S/C10H20N2O2/c1-4-14-9(13)10(2,11)7-12(3)8-5-6-8/h8H,4-7,11H2,1-3H3. The summed E-state index contributed by atoms with van der Waals surface area (Å²) in [5.41, 5.74) is 5.02. The second-order valence-electron chi connectivity index (χ2n) is 4.28. The molecule has 0 aromatic carbocycles. The number of ether oxygens (including phenoxy) is 1. The molecule has 1 atom stereocenters. The van der Waals surface area contributed by atoms with Crippen LogP contribution >= 0.6 is 0 Å².